The molecule has 2 aromatic rings. The highest BCUT2D eigenvalue weighted by Crippen LogP contribution is 2.22. The lowest BCUT2D eigenvalue weighted by atomic mass is 10.2. The summed E-state index contributed by atoms with van der Waals surface area (Å²) in [4.78, 5) is 10.8. The van der Waals surface area contributed by atoms with Gasteiger partial charge in [0.05, 0.1) is 0 Å². The van der Waals surface area contributed by atoms with Gasteiger partial charge in [-0.05, 0) is 42.0 Å². The third kappa shape index (κ3) is 4.03. The summed E-state index contributed by atoms with van der Waals surface area (Å²) in [5.74, 6) is 1.45. The molecular formula is C15H16N2O2. The minimum Gasteiger partial charge on any atom is -0.457 e. The predicted molar refractivity (Wildman–Crippen MR) is 74.9 cm³/mol. The first kappa shape index (κ1) is 13.0. The average molecular weight is 256 g/mol. The van der Waals surface area contributed by atoms with Gasteiger partial charge in [-0.3, -0.25) is 4.79 Å². The number of benzene rings is 2. The van der Waals surface area contributed by atoms with Gasteiger partial charge < -0.3 is 15.8 Å². The number of nitrogens with one attached hydrogen (secondary N) is 1. The van der Waals surface area contributed by atoms with Crippen molar-refractivity contribution < 1.29 is 9.53 Å². The number of carbonyl (C=O) groups is 1. The van der Waals surface area contributed by atoms with Crippen LogP contribution in [0.5, 0.6) is 11.5 Å². The van der Waals surface area contributed by atoms with Gasteiger partial charge in [0.1, 0.15) is 11.5 Å². The molecule has 4 nitrogen and oxygen atoms in total. The van der Waals surface area contributed by atoms with Crippen molar-refractivity contribution in [2.24, 2.45) is 0 Å². The predicted octanol–water partition coefficient (Wildman–Crippen LogP) is 2.70. The van der Waals surface area contributed by atoms with E-state index in [-0.39, 0.29) is 5.91 Å². The largest absolute Gasteiger partial charge is 0.457 e. The first-order valence-corrected chi connectivity index (χ1v) is 6.00. The third-order valence-corrected chi connectivity index (χ3v) is 2.58. The number of nitrogens with two attached hydrogens (primary N) is 1. The van der Waals surface area contributed by atoms with Gasteiger partial charge in [-0.1, -0.05) is 12.1 Å². The van der Waals surface area contributed by atoms with Crippen molar-refractivity contribution in [3.63, 3.8) is 0 Å². The highest BCUT2D eigenvalue weighted by molar-refractivity contribution is 5.72. The number of nitrogen functional groups attached to an aromatic ring is 1. The van der Waals surface area contributed by atoms with Crippen molar-refractivity contribution in [1.29, 1.82) is 0 Å². The van der Waals surface area contributed by atoms with E-state index >= 15 is 0 Å². The summed E-state index contributed by atoms with van der Waals surface area (Å²) in [6, 6.07) is 14.8. The van der Waals surface area contributed by atoms with Crippen LogP contribution in [0.3, 0.4) is 0 Å². The van der Waals surface area contributed by atoms with E-state index in [0.29, 0.717) is 12.2 Å². The molecule has 0 heterocycles. The molecular weight excluding hydrogens is 240 g/mol. The Morgan fingerprint density at radius 3 is 2.11 bits per heavy atom. The summed E-state index contributed by atoms with van der Waals surface area (Å²) in [7, 11) is 0. The second-order valence-corrected chi connectivity index (χ2v) is 4.22. The molecule has 3 N–H and O–H groups in total. The van der Waals surface area contributed by atoms with E-state index < -0.39 is 0 Å². The molecule has 0 atom stereocenters. The maximum atomic E-state index is 10.8. The van der Waals surface area contributed by atoms with Crippen LogP contribution in [0.1, 0.15) is 12.5 Å². The van der Waals surface area contributed by atoms with Crippen LogP contribution in [0.25, 0.3) is 0 Å². The molecule has 4 heteroatoms. The monoisotopic (exact) mass is 256 g/mol. The molecule has 0 saturated carbocycles. The van der Waals surface area contributed by atoms with Crippen LogP contribution in [-0.2, 0) is 11.3 Å². The molecule has 2 aromatic carbocycles. The van der Waals surface area contributed by atoms with Gasteiger partial charge in [-0.15, -0.1) is 0 Å². The van der Waals surface area contributed by atoms with Crippen LogP contribution >= 0.6 is 0 Å². The molecule has 0 aliphatic rings. The molecule has 2 rings (SSSR count). The van der Waals surface area contributed by atoms with Crippen LogP contribution < -0.4 is 15.8 Å². The van der Waals surface area contributed by atoms with Crippen LogP contribution in [0, 0.1) is 0 Å². The fraction of sp³-hybridized carbons (Fsp3) is 0.133. The summed E-state index contributed by atoms with van der Waals surface area (Å²) < 4.78 is 5.67. The van der Waals surface area contributed by atoms with Crippen molar-refractivity contribution in [2.45, 2.75) is 13.5 Å². The Hall–Kier alpha value is -2.49. The maximum Gasteiger partial charge on any atom is 0.217 e. The average Bonchev–Trinajstić information content (AvgIpc) is 2.40. The van der Waals surface area contributed by atoms with Crippen molar-refractivity contribution in [3.05, 3.63) is 54.1 Å². The summed E-state index contributed by atoms with van der Waals surface area (Å²) >= 11 is 0. The summed E-state index contributed by atoms with van der Waals surface area (Å²) in [6.07, 6.45) is 0. The molecule has 0 unspecified atom stereocenters. The third-order valence-electron chi connectivity index (χ3n) is 2.58. The quantitative estimate of drug-likeness (QED) is 0.827. The maximum absolute atomic E-state index is 10.8. The normalized spacial score (nSPS) is 9.95. The van der Waals surface area contributed by atoms with Crippen molar-refractivity contribution in [3.8, 4) is 11.5 Å². The van der Waals surface area contributed by atoms with E-state index in [1.807, 2.05) is 36.4 Å². The van der Waals surface area contributed by atoms with Crippen LogP contribution in [0.4, 0.5) is 5.69 Å². The standard InChI is InChI=1S/C15H16N2O2/c1-11(18)17-10-12-2-6-14(7-3-12)19-15-8-4-13(16)5-9-15/h2-9H,10,16H2,1H3,(H,17,18). The fourth-order valence-electron chi connectivity index (χ4n) is 1.57. The Bertz CT molecular complexity index is 547. The van der Waals surface area contributed by atoms with Gasteiger partial charge in [0, 0.05) is 19.2 Å². The smallest absolute Gasteiger partial charge is 0.217 e. The van der Waals surface area contributed by atoms with E-state index in [2.05, 4.69) is 5.32 Å². The zero-order valence-corrected chi connectivity index (χ0v) is 10.7. The lowest BCUT2D eigenvalue weighted by Crippen LogP contribution is -2.18. The zero-order valence-electron chi connectivity index (χ0n) is 10.7. The molecule has 0 radical (unpaired) electrons. The van der Waals surface area contributed by atoms with E-state index in [1.165, 1.54) is 6.92 Å². The highest BCUT2D eigenvalue weighted by Gasteiger charge is 1.99. The number of ether oxygens (including phenoxy) is 1. The van der Waals surface area contributed by atoms with Gasteiger partial charge in [-0.25, -0.2) is 0 Å². The minimum absolute atomic E-state index is 0.0396. The molecule has 0 aliphatic carbocycles. The Morgan fingerprint density at radius 1 is 1.05 bits per heavy atom. The van der Waals surface area contributed by atoms with Crippen LogP contribution in [0.15, 0.2) is 48.5 Å². The number of anilines is 1. The van der Waals surface area contributed by atoms with E-state index in [4.69, 9.17) is 10.5 Å². The van der Waals surface area contributed by atoms with Gasteiger partial charge >= 0.3 is 0 Å². The van der Waals surface area contributed by atoms with Gasteiger partial charge in [0.25, 0.3) is 0 Å². The van der Waals surface area contributed by atoms with Crippen LogP contribution in [-0.4, -0.2) is 5.91 Å². The zero-order chi connectivity index (χ0) is 13.7. The molecule has 98 valence electrons. The van der Waals surface area contributed by atoms with Crippen LogP contribution in [0.2, 0.25) is 0 Å². The summed E-state index contributed by atoms with van der Waals surface area (Å²) in [5.41, 5.74) is 7.34. The highest BCUT2D eigenvalue weighted by atomic mass is 16.5. The molecule has 0 fully saturated rings. The number of carbonyl (C=O) groups excluding carboxylic acids is 1. The van der Waals surface area contributed by atoms with E-state index in [9.17, 15) is 4.79 Å². The Balaban J connectivity index is 1.98. The number of amides is 1. The van der Waals surface area contributed by atoms with Gasteiger partial charge in [0.2, 0.25) is 5.91 Å². The molecule has 1 amide bonds. The van der Waals surface area contributed by atoms with Gasteiger partial charge in [-0.2, -0.15) is 0 Å². The first-order chi connectivity index (χ1) is 9.13. The van der Waals surface area contributed by atoms with E-state index in [1.54, 1.807) is 12.1 Å². The van der Waals surface area contributed by atoms with Crippen molar-refractivity contribution in [2.75, 3.05) is 5.73 Å². The fourth-order valence-corrected chi connectivity index (χ4v) is 1.57. The number of rotatable bonds is 4. The lowest BCUT2D eigenvalue weighted by molar-refractivity contribution is -0.119. The number of hydrogen-bond donors (Lipinski definition) is 2. The topological polar surface area (TPSA) is 64.3 Å². The summed E-state index contributed by atoms with van der Waals surface area (Å²) in [5, 5.41) is 2.74. The molecule has 0 saturated heterocycles. The Kier molecular flexibility index (Phi) is 4.03. The Morgan fingerprint density at radius 2 is 1.58 bits per heavy atom. The minimum atomic E-state index is -0.0396. The van der Waals surface area contributed by atoms with Gasteiger partial charge in [0.15, 0.2) is 0 Å². The number of hydrogen-bond acceptors (Lipinski definition) is 3. The Labute approximate surface area is 112 Å². The second-order valence-electron chi connectivity index (χ2n) is 4.22. The molecule has 0 aromatic heterocycles. The molecule has 0 spiro atoms. The van der Waals surface area contributed by atoms with Crippen molar-refractivity contribution >= 4 is 11.6 Å². The SMILES string of the molecule is CC(=O)NCc1ccc(Oc2ccc(N)cc2)cc1. The lowest BCUT2D eigenvalue weighted by Gasteiger charge is -2.07. The first-order valence-electron chi connectivity index (χ1n) is 6.00. The molecule has 0 bridgehead atoms. The molecule has 19 heavy (non-hydrogen) atoms. The van der Waals surface area contributed by atoms with E-state index in [0.717, 1.165) is 17.1 Å². The van der Waals surface area contributed by atoms with Crippen molar-refractivity contribution in [1.82, 2.24) is 5.32 Å². The summed E-state index contributed by atoms with van der Waals surface area (Å²) in [6.45, 7) is 2.02. The molecule has 0 aliphatic heterocycles. The second kappa shape index (κ2) is 5.91.